The van der Waals surface area contributed by atoms with Crippen LogP contribution >= 0.6 is 11.6 Å². The van der Waals surface area contributed by atoms with Crippen LogP contribution in [0.25, 0.3) is 0 Å². The second-order valence-corrected chi connectivity index (χ2v) is 6.25. The normalized spacial score (nSPS) is 11.2. The summed E-state index contributed by atoms with van der Waals surface area (Å²) in [6.07, 6.45) is -1.04. The highest BCUT2D eigenvalue weighted by atomic mass is 35.5. The molecule has 8 nitrogen and oxygen atoms in total. The number of rotatable bonds is 7. The molecular formula is C20H18ClFN2O6. The molecule has 2 amide bonds. The van der Waals surface area contributed by atoms with Gasteiger partial charge in [0.15, 0.2) is 5.78 Å². The number of hydrogen-bond acceptors (Lipinski definition) is 6. The predicted molar refractivity (Wildman–Crippen MR) is 106 cm³/mol. The van der Waals surface area contributed by atoms with E-state index >= 15 is 0 Å². The summed E-state index contributed by atoms with van der Waals surface area (Å²) in [5.41, 5.74) is -0.384. The fourth-order valence-corrected chi connectivity index (χ4v) is 2.61. The molecule has 158 valence electrons. The lowest BCUT2D eigenvalue weighted by Gasteiger charge is -2.17. The highest BCUT2D eigenvalue weighted by Gasteiger charge is 2.31. The van der Waals surface area contributed by atoms with E-state index in [-0.39, 0.29) is 28.4 Å². The van der Waals surface area contributed by atoms with E-state index < -0.39 is 35.6 Å². The van der Waals surface area contributed by atoms with Crippen LogP contribution in [-0.2, 0) is 19.1 Å². The summed E-state index contributed by atoms with van der Waals surface area (Å²) in [6.45, 7) is 1.48. The van der Waals surface area contributed by atoms with Gasteiger partial charge in [-0.25, -0.2) is 14.0 Å². The van der Waals surface area contributed by atoms with Gasteiger partial charge in [-0.2, -0.15) is 0 Å². The van der Waals surface area contributed by atoms with E-state index in [0.29, 0.717) is 0 Å². The average molecular weight is 437 g/mol. The smallest absolute Gasteiger partial charge is 0.407 e. The zero-order valence-corrected chi connectivity index (χ0v) is 16.8. The molecule has 2 N–H and O–H groups in total. The molecule has 0 spiro atoms. The number of anilines is 1. The molecule has 0 radical (unpaired) electrons. The molecule has 0 saturated carbocycles. The summed E-state index contributed by atoms with van der Waals surface area (Å²) in [7, 11) is 1.06. The Kier molecular flexibility index (Phi) is 7.88. The highest BCUT2D eigenvalue weighted by molar-refractivity contribution is 6.31. The number of amides is 2. The fourth-order valence-electron chi connectivity index (χ4n) is 2.44. The standard InChI is InChI=1S/C20H18ClFN2O6/c1-3-30-19(27)16(24-20(28)29-2)18(26)23-15-9-8-11(21)10-13(15)17(25)12-6-4-5-7-14(12)22/h4-10,16H,3H2,1-2H3,(H,23,26)(H,24,28). The Morgan fingerprint density at radius 3 is 2.43 bits per heavy atom. The number of carbonyl (C=O) groups is 4. The summed E-state index contributed by atoms with van der Waals surface area (Å²) in [4.78, 5) is 49.0. The Morgan fingerprint density at radius 1 is 1.10 bits per heavy atom. The number of esters is 1. The van der Waals surface area contributed by atoms with Crippen molar-refractivity contribution in [1.82, 2.24) is 5.32 Å². The number of halogens is 2. The van der Waals surface area contributed by atoms with E-state index in [4.69, 9.17) is 16.3 Å². The number of carbonyl (C=O) groups excluding carboxylic acids is 4. The molecule has 10 heteroatoms. The molecule has 2 aromatic carbocycles. The van der Waals surface area contributed by atoms with Gasteiger partial charge in [-0.1, -0.05) is 23.7 Å². The number of alkyl carbamates (subject to hydrolysis) is 1. The van der Waals surface area contributed by atoms with Crippen LogP contribution in [0.5, 0.6) is 0 Å². The van der Waals surface area contributed by atoms with Gasteiger partial charge in [0.1, 0.15) is 5.82 Å². The lowest BCUT2D eigenvalue weighted by atomic mass is 10.0. The molecule has 0 aliphatic heterocycles. The maximum Gasteiger partial charge on any atom is 0.407 e. The van der Waals surface area contributed by atoms with Crippen molar-refractivity contribution >= 4 is 41.0 Å². The summed E-state index contributed by atoms with van der Waals surface area (Å²) in [5, 5.41) is 4.59. The molecule has 0 aromatic heterocycles. The zero-order chi connectivity index (χ0) is 22.3. The third-order valence-electron chi connectivity index (χ3n) is 3.83. The van der Waals surface area contributed by atoms with Crippen molar-refractivity contribution in [3.8, 4) is 0 Å². The van der Waals surface area contributed by atoms with E-state index in [2.05, 4.69) is 15.4 Å². The van der Waals surface area contributed by atoms with Gasteiger partial charge < -0.3 is 14.8 Å². The molecule has 0 heterocycles. The quantitative estimate of drug-likeness (QED) is 0.392. The largest absolute Gasteiger partial charge is 0.464 e. The van der Waals surface area contributed by atoms with Gasteiger partial charge in [-0.15, -0.1) is 0 Å². The molecule has 2 rings (SSSR count). The molecule has 1 unspecified atom stereocenters. The molecule has 0 aliphatic carbocycles. The van der Waals surface area contributed by atoms with Crippen molar-refractivity contribution in [1.29, 1.82) is 0 Å². The van der Waals surface area contributed by atoms with Gasteiger partial charge in [-0.3, -0.25) is 14.9 Å². The molecule has 0 bridgehead atoms. The zero-order valence-electron chi connectivity index (χ0n) is 16.0. The third kappa shape index (κ3) is 5.54. The summed E-state index contributed by atoms with van der Waals surface area (Å²) >= 11 is 5.96. The maximum atomic E-state index is 14.1. The van der Waals surface area contributed by atoms with Gasteiger partial charge in [0.2, 0.25) is 6.04 Å². The molecule has 30 heavy (non-hydrogen) atoms. The predicted octanol–water partition coefficient (Wildman–Crippen LogP) is 2.94. The topological polar surface area (TPSA) is 111 Å². The van der Waals surface area contributed by atoms with Gasteiger partial charge in [0, 0.05) is 10.6 Å². The average Bonchev–Trinajstić information content (AvgIpc) is 2.72. The Labute approximate surface area is 176 Å². The first-order valence-electron chi connectivity index (χ1n) is 8.69. The first-order valence-corrected chi connectivity index (χ1v) is 9.07. The summed E-state index contributed by atoms with van der Waals surface area (Å²) < 4.78 is 23.2. The van der Waals surface area contributed by atoms with Crippen molar-refractivity contribution in [3.63, 3.8) is 0 Å². The van der Waals surface area contributed by atoms with E-state index in [9.17, 15) is 23.6 Å². The van der Waals surface area contributed by atoms with Crippen LogP contribution in [0.3, 0.4) is 0 Å². The molecule has 1 atom stereocenters. The summed E-state index contributed by atoms with van der Waals surface area (Å²) in [6, 6.07) is 7.52. The first kappa shape index (κ1) is 22.8. The Balaban J connectivity index is 2.38. The summed E-state index contributed by atoms with van der Waals surface area (Å²) in [5.74, 6) is -3.52. The van der Waals surface area contributed by atoms with Crippen LogP contribution in [0, 0.1) is 5.82 Å². The molecule has 0 aliphatic rings. The van der Waals surface area contributed by atoms with Crippen molar-refractivity contribution in [2.24, 2.45) is 0 Å². The van der Waals surface area contributed by atoms with E-state index in [1.165, 1.54) is 43.3 Å². The minimum Gasteiger partial charge on any atom is -0.464 e. The van der Waals surface area contributed by atoms with Gasteiger partial charge in [-0.05, 0) is 37.3 Å². The molecule has 0 saturated heterocycles. The number of methoxy groups -OCH3 is 1. The van der Waals surface area contributed by atoms with Gasteiger partial charge in [0.25, 0.3) is 5.91 Å². The van der Waals surface area contributed by atoms with Crippen molar-refractivity contribution in [2.45, 2.75) is 13.0 Å². The van der Waals surface area contributed by atoms with Crippen molar-refractivity contribution in [3.05, 3.63) is 64.4 Å². The van der Waals surface area contributed by atoms with E-state index in [0.717, 1.165) is 13.2 Å². The second kappa shape index (κ2) is 10.4. The maximum absolute atomic E-state index is 14.1. The van der Waals surface area contributed by atoms with E-state index in [1.54, 1.807) is 0 Å². The minimum atomic E-state index is -1.75. The van der Waals surface area contributed by atoms with E-state index in [1.807, 2.05) is 0 Å². The SMILES string of the molecule is CCOC(=O)C(NC(=O)OC)C(=O)Nc1ccc(Cl)cc1C(=O)c1ccccc1F. The Bertz CT molecular complexity index is 982. The fraction of sp³-hybridized carbons (Fsp3) is 0.200. The lowest BCUT2D eigenvalue weighted by Crippen LogP contribution is -2.49. The highest BCUT2D eigenvalue weighted by Crippen LogP contribution is 2.25. The van der Waals surface area contributed by atoms with Crippen LogP contribution in [0.15, 0.2) is 42.5 Å². The van der Waals surface area contributed by atoms with Crippen LogP contribution in [0.2, 0.25) is 5.02 Å². The number of ketones is 1. The number of benzene rings is 2. The molecular weight excluding hydrogens is 419 g/mol. The van der Waals surface area contributed by atoms with Gasteiger partial charge in [0.05, 0.1) is 25.0 Å². The number of hydrogen-bond donors (Lipinski definition) is 2. The second-order valence-electron chi connectivity index (χ2n) is 5.81. The minimum absolute atomic E-state index is 0.0383. The Hall–Kier alpha value is -3.46. The third-order valence-corrected chi connectivity index (χ3v) is 4.07. The van der Waals surface area contributed by atoms with Gasteiger partial charge >= 0.3 is 12.1 Å². The lowest BCUT2D eigenvalue weighted by molar-refractivity contribution is -0.147. The molecule has 2 aromatic rings. The van der Waals surface area contributed by atoms with Crippen LogP contribution in [0.1, 0.15) is 22.8 Å². The van der Waals surface area contributed by atoms with Crippen LogP contribution < -0.4 is 10.6 Å². The van der Waals surface area contributed by atoms with Crippen molar-refractivity contribution in [2.75, 3.05) is 19.0 Å². The number of ether oxygens (including phenoxy) is 2. The molecule has 0 fully saturated rings. The monoisotopic (exact) mass is 436 g/mol. The van der Waals surface area contributed by atoms with Crippen LogP contribution in [-0.4, -0.2) is 43.5 Å². The number of nitrogens with one attached hydrogen (secondary N) is 2. The Morgan fingerprint density at radius 2 is 1.80 bits per heavy atom. The first-order chi connectivity index (χ1) is 14.3. The van der Waals surface area contributed by atoms with Crippen LogP contribution in [0.4, 0.5) is 14.9 Å². The van der Waals surface area contributed by atoms with Crippen molar-refractivity contribution < 1.29 is 33.0 Å².